The average molecular weight is 198 g/mol. The Hall–Kier alpha value is -0.0800. The van der Waals surface area contributed by atoms with Crippen LogP contribution in [0.3, 0.4) is 0 Å². The van der Waals surface area contributed by atoms with E-state index in [1.54, 1.807) is 0 Å². The second-order valence-corrected chi connectivity index (χ2v) is 5.88. The van der Waals surface area contributed by atoms with Crippen molar-refractivity contribution in [2.45, 2.75) is 46.1 Å². The Morgan fingerprint density at radius 1 is 1.29 bits per heavy atom. The molecule has 2 nitrogen and oxygen atoms in total. The Labute approximate surface area is 89.1 Å². The van der Waals surface area contributed by atoms with Crippen molar-refractivity contribution in [1.82, 2.24) is 10.2 Å². The van der Waals surface area contributed by atoms with Crippen molar-refractivity contribution in [2.75, 3.05) is 26.7 Å². The molecular weight excluding hydrogens is 172 g/mol. The van der Waals surface area contributed by atoms with Crippen molar-refractivity contribution in [2.24, 2.45) is 5.41 Å². The van der Waals surface area contributed by atoms with Crippen LogP contribution in [0, 0.1) is 5.41 Å². The molecule has 1 N–H and O–H groups in total. The highest BCUT2D eigenvalue weighted by Gasteiger charge is 2.19. The molecule has 2 heteroatoms. The monoisotopic (exact) mass is 198 g/mol. The van der Waals surface area contributed by atoms with Crippen LogP contribution in [0.15, 0.2) is 0 Å². The second kappa shape index (κ2) is 5.13. The van der Waals surface area contributed by atoms with Gasteiger partial charge < -0.3 is 10.2 Å². The van der Waals surface area contributed by atoms with E-state index in [0.717, 1.165) is 6.04 Å². The van der Waals surface area contributed by atoms with Crippen LogP contribution in [0.25, 0.3) is 0 Å². The van der Waals surface area contributed by atoms with Gasteiger partial charge in [-0.05, 0) is 44.8 Å². The summed E-state index contributed by atoms with van der Waals surface area (Å²) in [5.74, 6) is 0. The molecule has 1 rings (SSSR count). The smallest absolute Gasteiger partial charge is 0.00682 e. The number of nitrogens with zero attached hydrogens (tertiary/aromatic N) is 1. The molecule has 1 fully saturated rings. The number of hydrogen-bond donors (Lipinski definition) is 1. The van der Waals surface area contributed by atoms with Gasteiger partial charge in [-0.1, -0.05) is 20.8 Å². The van der Waals surface area contributed by atoms with Gasteiger partial charge in [0.2, 0.25) is 0 Å². The normalized spacial score (nSPS) is 17.8. The largest absolute Gasteiger partial charge is 0.314 e. The van der Waals surface area contributed by atoms with Crippen molar-refractivity contribution in [3.63, 3.8) is 0 Å². The molecule has 0 aromatic carbocycles. The fraction of sp³-hybridized carbons (Fsp3) is 1.00. The zero-order valence-corrected chi connectivity index (χ0v) is 10.3. The molecule has 0 unspecified atom stereocenters. The van der Waals surface area contributed by atoms with E-state index in [-0.39, 0.29) is 0 Å². The van der Waals surface area contributed by atoms with E-state index in [2.05, 4.69) is 38.0 Å². The molecule has 1 saturated carbocycles. The van der Waals surface area contributed by atoms with Gasteiger partial charge >= 0.3 is 0 Å². The van der Waals surface area contributed by atoms with Gasteiger partial charge in [-0.25, -0.2) is 0 Å². The van der Waals surface area contributed by atoms with E-state index in [1.807, 2.05) is 0 Å². The Morgan fingerprint density at radius 3 is 2.43 bits per heavy atom. The standard InChI is InChI=1S/C12H26N2/c1-12(2,3)10-14(4)9-5-8-13-11-6-7-11/h11,13H,5-10H2,1-4H3. The summed E-state index contributed by atoms with van der Waals surface area (Å²) in [6.07, 6.45) is 4.08. The van der Waals surface area contributed by atoms with Crippen molar-refractivity contribution in [3.05, 3.63) is 0 Å². The van der Waals surface area contributed by atoms with Crippen LogP contribution in [0.2, 0.25) is 0 Å². The van der Waals surface area contributed by atoms with Gasteiger partial charge in [-0.3, -0.25) is 0 Å². The first-order valence-electron chi connectivity index (χ1n) is 5.89. The van der Waals surface area contributed by atoms with E-state index >= 15 is 0 Å². The van der Waals surface area contributed by atoms with Crippen LogP contribution in [0.4, 0.5) is 0 Å². The molecule has 14 heavy (non-hydrogen) atoms. The first-order chi connectivity index (χ1) is 6.47. The fourth-order valence-electron chi connectivity index (χ4n) is 1.83. The molecule has 0 radical (unpaired) electrons. The number of nitrogens with one attached hydrogen (secondary N) is 1. The van der Waals surface area contributed by atoms with Crippen LogP contribution in [-0.2, 0) is 0 Å². The summed E-state index contributed by atoms with van der Waals surface area (Å²) in [4.78, 5) is 2.44. The van der Waals surface area contributed by atoms with Crippen molar-refractivity contribution < 1.29 is 0 Å². The molecule has 0 spiro atoms. The van der Waals surface area contributed by atoms with Crippen LogP contribution in [-0.4, -0.2) is 37.6 Å². The van der Waals surface area contributed by atoms with Crippen LogP contribution < -0.4 is 5.32 Å². The van der Waals surface area contributed by atoms with E-state index in [9.17, 15) is 0 Å². The molecule has 1 aliphatic rings. The molecule has 0 aromatic heterocycles. The first-order valence-corrected chi connectivity index (χ1v) is 5.89. The predicted octanol–water partition coefficient (Wildman–Crippen LogP) is 2.11. The highest BCUT2D eigenvalue weighted by atomic mass is 15.1. The molecule has 0 atom stereocenters. The third-order valence-corrected chi connectivity index (χ3v) is 2.47. The maximum atomic E-state index is 3.55. The van der Waals surface area contributed by atoms with Gasteiger partial charge in [0.1, 0.15) is 0 Å². The van der Waals surface area contributed by atoms with Crippen LogP contribution >= 0.6 is 0 Å². The third-order valence-electron chi connectivity index (χ3n) is 2.47. The van der Waals surface area contributed by atoms with E-state index in [0.29, 0.717) is 5.41 Å². The molecule has 0 heterocycles. The Balaban J connectivity index is 1.93. The minimum absolute atomic E-state index is 0.429. The molecule has 0 bridgehead atoms. The summed E-state index contributed by atoms with van der Waals surface area (Å²) in [6.45, 7) is 10.5. The van der Waals surface area contributed by atoms with Crippen molar-refractivity contribution in [3.8, 4) is 0 Å². The van der Waals surface area contributed by atoms with E-state index < -0.39 is 0 Å². The summed E-state index contributed by atoms with van der Waals surface area (Å²) >= 11 is 0. The molecule has 0 aliphatic heterocycles. The van der Waals surface area contributed by atoms with Gasteiger partial charge in [0.15, 0.2) is 0 Å². The van der Waals surface area contributed by atoms with E-state index in [4.69, 9.17) is 0 Å². The molecule has 0 saturated heterocycles. The molecular formula is C12H26N2. The second-order valence-electron chi connectivity index (χ2n) is 5.88. The van der Waals surface area contributed by atoms with Crippen molar-refractivity contribution in [1.29, 1.82) is 0 Å². The Bertz CT molecular complexity index is 156. The third kappa shape index (κ3) is 6.39. The summed E-state index contributed by atoms with van der Waals surface area (Å²) in [6, 6.07) is 0.864. The summed E-state index contributed by atoms with van der Waals surface area (Å²) in [5.41, 5.74) is 0.429. The van der Waals surface area contributed by atoms with E-state index in [1.165, 1.54) is 38.9 Å². The lowest BCUT2D eigenvalue weighted by Crippen LogP contribution is -2.31. The Kier molecular flexibility index (Phi) is 4.39. The predicted molar refractivity (Wildman–Crippen MR) is 62.6 cm³/mol. The first kappa shape index (κ1) is 12.0. The number of rotatable bonds is 6. The minimum atomic E-state index is 0.429. The van der Waals surface area contributed by atoms with Gasteiger partial charge in [0.05, 0.1) is 0 Å². The number of hydrogen-bond acceptors (Lipinski definition) is 2. The lowest BCUT2D eigenvalue weighted by molar-refractivity contribution is 0.224. The van der Waals surface area contributed by atoms with Gasteiger partial charge in [0.25, 0.3) is 0 Å². The zero-order valence-electron chi connectivity index (χ0n) is 10.3. The molecule has 1 aliphatic carbocycles. The topological polar surface area (TPSA) is 15.3 Å². The molecule has 84 valence electrons. The SMILES string of the molecule is CN(CCCNC1CC1)CC(C)(C)C. The van der Waals surface area contributed by atoms with Gasteiger partial charge in [-0.15, -0.1) is 0 Å². The lowest BCUT2D eigenvalue weighted by Gasteiger charge is -2.26. The summed E-state index contributed by atoms with van der Waals surface area (Å²) < 4.78 is 0. The maximum Gasteiger partial charge on any atom is 0.00682 e. The van der Waals surface area contributed by atoms with Crippen molar-refractivity contribution >= 4 is 0 Å². The summed E-state index contributed by atoms with van der Waals surface area (Å²) in [5, 5.41) is 3.55. The average Bonchev–Trinajstić information content (AvgIpc) is 2.77. The van der Waals surface area contributed by atoms with Gasteiger partial charge in [-0.2, -0.15) is 0 Å². The highest BCUT2D eigenvalue weighted by molar-refractivity contribution is 4.80. The fourth-order valence-corrected chi connectivity index (χ4v) is 1.83. The lowest BCUT2D eigenvalue weighted by atomic mass is 9.96. The summed E-state index contributed by atoms with van der Waals surface area (Å²) in [7, 11) is 2.22. The Morgan fingerprint density at radius 2 is 1.93 bits per heavy atom. The zero-order chi connectivity index (χ0) is 10.6. The molecule has 0 aromatic rings. The minimum Gasteiger partial charge on any atom is -0.314 e. The quantitative estimate of drug-likeness (QED) is 0.658. The van der Waals surface area contributed by atoms with Crippen LogP contribution in [0.5, 0.6) is 0 Å². The molecule has 0 amide bonds. The van der Waals surface area contributed by atoms with Crippen LogP contribution in [0.1, 0.15) is 40.0 Å². The van der Waals surface area contributed by atoms with Gasteiger partial charge in [0, 0.05) is 12.6 Å². The highest BCUT2D eigenvalue weighted by Crippen LogP contribution is 2.18. The maximum absolute atomic E-state index is 3.55.